The van der Waals surface area contributed by atoms with Crippen molar-refractivity contribution in [2.75, 3.05) is 24.3 Å². The quantitative estimate of drug-likeness (QED) is 0.915. The van der Waals surface area contributed by atoms with Gasteiger partial charge in [-0.15, -0.1) is 11.3 Å². The summed E-state index contributed by atoms with van der Waals surface area (Å²) in [6, 6.07) is 6.50. The van der Waals surface area contributed by atoms with Crippen molar-refractivity contribution in [3.05, 3.63) is 39.3 Å². The lowest BCUT2D eigenvalue weighted by Gasteiger charge is -2.20. The number of anilines is 2. The summed E-state index contributed by atoms with van der Waals surface area (Å²) in [7, 11) is 4.07. The van der Waals surface area contributed by atoms with Gasteiger partial charge in [-0.25, -0.2) is 0 Å². The third-order valence-corrected chi connectivity index (χ3v) is 4.48. The van der Waals surface area contributed by atoms with Crippen LogP contribution in [0.4, 0.5) is 11.4 Å². The lowest BCUT2D eigenvalue weighted by Crippen LogP contribution is -2.13. The summed E-state index contributed by atoms with van der Waals surface area (Å²) in [4.78, 5) is 7.57. The Labute approximate surface area is 120 Å². The predicted molar refractivity (Wildman–Crippen MR) is 82.6 cm³/mol. The summed E-state index contributed by atoms with van der Waals surface area (Å²) >= 11 is 5.24. The van der Waals surface area contributed by atoms with Crippen LogP contribution in [-0.2, 0) is 0 Å². The van der Waals surface area contributed by atoms with Gasteiger partial charge in [0, 0.05) is 25.2 Å². The van der Waals surface area contributed by atoms with E-state index in [1.807, 2.05) is 32.6 Å². The number of aromatic nitrogens is 1. The first-order valence-corrected chi connectivity index (χ1v) is 7.32. The molecule has 0 aromatic carbocycles. The first-order chi connectivity index (χ1) is 8.58. The molecule has 2 rings (SSSR count). The van der Waals surface area contributed by atoms with Gasteiger partial charge in [0.1, 0.15) is 0 Å². The van der Waals surface area contributed by atoms with Gasteiger partial charge in [-0.2, -0.15) is 0 Å². The molecule has 96 valence electrons. The Bertz CT molecular complexity index is 524. The third-order valence-electron chi connectivity index (χ3n) is 2.67. The van der Waals surface area contributed by atoms with Crippen LogP contribution in [0.3, 0.4) is 0 Å². The summed E-state index contributed by atoms with van der Waals surface area (Å²) in [5.41, 5.74) is 2.20. The molecule has 0 radical (unpaired) electrons. The van der Waals surface area contributed by atoms with Gasteiger partial charge in [0.15, 0.2) is 0 Å². The molecule has 0 fully saturated rings. The number of halogens is 1. The molecule has 0 amide bonds. The maximum atomic E-state index is 4.18. The van der Waals surface area contributed by atoms with E-state index in [0.29, 0.717) is 0 Å². The summed E-state index contributed by atoms with van der Waals surface area (Å²) in [6.07, 6.45) is 3.68. The fourth-order valence-corrected chi connectivity index (χ4v) is 3.18. The van der Waals surface area contributed by atoms with Crippen LogP contribution >= 0.6 is 27.3 Å². The van der Waals surface area contributed by atoms with E-state index < -0.39 is 0 Å². The van der Waals surface area contributed by atoms with E-state index in [9.17, 15) is 0 Å². The van der Waals surface area contributed by atoms with E-state index in [4.69, 9.17) is 0 Å². The SMILES string of the molecule is CC(Nc1cnccc1N(C)C)c1ccc(Br)s1. The zero-order chi connectivity index (χ0) is 13.1. The average molecular weight is 326 g/mol. The van der Waals surface area contributed by atoms with Crippen LogP contribution in [0, 0.1) is 0 Å². The second kappa shape index (κ2) is 5.71. The zero-order valence-corrected chi connectivity index (χ0v) is 13.0. The highest BCUT2D eigenvalue weighted by molar-refractivity contribution is 9.11. The number of nitrogens with zero attached hydrogens (tertiary/aromatic N) is 2. The number of pyridine rings is 1. The Kier molecular flexibility index (Phi) is 4.24. The molecule has 0 aliphatic heterocycles. The molecule has 18 heavy (non-hydrogen) atoms. The summed E-state index contributed by atoms with van der Waals surface area (Å²) in [5.74, 6) is 0. The maximum Gasteiger partial charge on any atom is 0.0769 e. The monoisotopic (exact) mass is 325 g/mol. The van der Waals surface area contributed by atoms with Crippen LogP contribution in [0.5, 0.6) is 0 Å². The van der Waals surface area contributed by atoms with E-state index in [1.165, 1.54) is 4.88 Å². The number of hydrogen-bond acceptors (Lipinski definition) is 4. The fraction of sp³-hybridized carbons (Fsp3) is 0.308. The van der Waals surface area contributed by atoms with Crippen molar-refractivity contribution in [3.8, 4) is 0 Å². The van der Waals surface area contributed by atoms with Gasteiger partial charge in [-0.05, 0) is 41.1 Å². The van der Waals surface area contributed by atoms with Crippen molar-refractivity contribution in [1.29, 1.82) is 0 Å². The minimum absolute atomic E-state index is 0.268. The Hall–Kier alpha value is -1.07. The second-order valence-electron chi connectivity index (χ2n) is 4.30. The summed E-state index contributed by atoms with van der Waals surface area (Å²) in [6.45, 7) is 2.16. The molecule has 0 aliphatic rings. The van der Waals surface area contributed by atoms with Gasteiger partial charge >= 0.3 is 0 Å². The fourth-order valence-electron chi connectivity index (χ4n) is 1.75. The smallest absolute Gasteiger partial charge is 0.0769 e. The number of rotatable bonds is 4. The van der Waals surface area contributed by atoms with E-state index in [-0.39, 0.29) is 6.04 Å². The first kappa shape index (κ1) is 13.4. The molecule has 2 heterocycles. The maximum absolute atomic E-state index is 4.18. The predicted octanol–water partition coefficient (Wildman–Crippen LogP) is 4.14. The molecular weight excluding hydrogens is 310 g/mol. The average Bonchev–Trinajstić information content (AvgIpc) is 2.76. The standard InChI is InChI=1S/C13H16BrN3S/c1-9(12-4-5-13(14)18-12)16-10-8-15-7-6-11(10)17(2)3/h4-9,16H,1-3H3. The Morgan fingerprint density at radius 2 is 2.11 bits per heavy atom. The van der Waals surface area contributed by atoms with Gasteiger partial charge in [0.2, 0.25) is 0 Å². The molecular formula is C13H16BrN3S. The van der Waals surface area contributed by atoms with Crippen molar-refractivity contribution < 1.29 is 0 Å². The van der Waals surface area contributed by atoms with Crippen LogP contribution in [-0.4, -0.2) is 19.1 Å². The minimum atomic E-state index is 0.268. The van der Waals surface area contributed by atoms with Gasteiger partial charge in [-0.1, -0.05) is 0 Å². The number of nitrogens with one attached hydrogen (secondary N) is 1. The molecule has 0 spiro atoms. The molecule has 1 atom stereocenters. The summed E-state index contributed by atoms with van der Waals surface area (Å²) < 4.78 is 1.16. The Morgan fingerprint density at radius 1 is 1.33 bits per heavy atom. The molecule has 0 saturated heterocycles. The lowest BCUT2D eigenvalue weighted by molar-refractivity contribution is 0.903. The molecule has 1 unspecified atom stereocenters. The molecule has 5 heteroatoms. The van der Waals surface area contributed by atoms with Crippen LogP contribution in [0.1, 0.15) is 17.8 Å². The van der Waals surface area contributed by atoms with E-state index >= 15 is 0 Å². The van der Waals surface area contributed by atoms with Crippen molar-refractivity contribution in [2.45, 2.75) is 13.0 Å². The molecule has 0 saturated carbocycles. The van der Waals surface area contributed by atoms with Gasteiger partial charge in [-0.3, -0.25) is 4.98 Å². The molecule has 0 aliphatic carbocycles. The van der Waals surface area contributed by atoms with Crippen LogP contribution in [0.25, 0.3) is 0 Å². The van der Waals surface area contributed by atoms with Gasteiger partial charge in [0.05, 0.1) is 27.4 Å². The van der Waals surface area contributed by atoms with Crippen molar-refractivity contribution in [1.82, 2.24) is 4.98 Å². The molecule has 3 nitrogen and oxygen atoms in total. The van der Waals surface area contributed by atoms with Crippen molar-refractivity contribution in [3.63, 3.8) is 0 Å². The highest BCUT2D eigenvalue weighted by Crippen LogP contribution is 2.31. The third kappa shape index (κ3) is 3.03. The van der Waals surface area contributed by atoms with Crippen LogP contribution in [0.15, 0.2) is 34.4 Å². The number of hydrogen-bond donors (Lipinski definition) is 1. The van der Waals surface area contributed by atoms with Crippen LogP contribution in [0.2, 0.25) is 0 Å². The van der Waals surface area contributed by atoms with Gasteiger partial charge < -0.3 is 10.2 Å². The Morgan fingerprint density at radius 3 is 2.72 bits per heavy atom. The molecule has 1 N–H and O–H groups in total. The zero-order valence-electron chi connectivity index (χ0n) is 10.6. The first-order valence-electron chi connectivity index (χ1n) is 5.71. The minimum Gasteiger partial charge on any atom is -0.376 e. The second-order valence-corrected chi connectivity index (χ2v) is 6.79. The highest BCUT2D eigenvalue weighted by Gasteiger charge is 2.11. The normalized spacial score (nSPS) is 12.2. The van der Waals surface area contributed by atoms with Crippen molar-refractivity contribution >= 4 is 38.6 Å². The molecule has 2 aromatic rings. The molecule has 2 aromatic heterocycles. The van der Waals surface area contributed by atoms with E-state index in [2.05, 4.69) is 50.2 Å². The van der Waals surface area contributed by atoms with E-state index in [1.54, 1.807) is 11.3 Å². The van der Waals surface area contributed by atoms with Crippen molar-refractivity contribution in [2.24, 2.45) is 0 Å². The topological polar surface area (TPSA) is 28.2 Å². The summed E-state index contributed by atoms with van der Waals surface area (Å²) in [5, 5.41) is 3.51. The number of thiophene rings is 1. The molecule has 0 bridgehead atoms. The Balaban J connectivity index is 2.19. The highest BCUT2D eigenvalue weighted by atomic mass is 79.9. The largest absolute Gasteiger partial charge is 0.376 e. The van der Waals surface area contributed by atoms with E-state index in [0.717, 1.165) is 15.2 Å². The lowest BCUT2D eigenvalue weighted by atomic mass is 10.2. The van der Waals surface area contributed by atoms with Crippen LogP contribution < -0.4 is 10.2 Å². The van der Waals surface area contributed by atoms with Gasteiger partial charge in [0.25, 0.3) is 0 Å².